The van der Waals surface area contributed by atoms with Crippen molar-refractivity contribution >= 4 is 10.4 Å². The summed E-state index contributed by atoms with van der Waals surface area (Å²) in [5, 5.41) is 0. The van der Waals surface area contributed by atoms with Gasteiger partial charge >= 0.3 is 59.1 Å². The molecule has 0 heterocycles. The van der Waals surface area contributed by atoms with E-state index in [4.69, 9.17) is 22.3 Å². The van der Waals surface area contributed by atoms with E-state index in [1.807, 2.05) is 0 Å². The molecule has 0 saturated heterocycles. The summed E-state index contributed by atoms with van der Waals surface area (Å²) in [5.74, 6) is 0. The van der Waals surface area contributed by atoms with Gasteiger partial charge in [-0.15, -0.1) is 0 Å². The molecule has 8 heteroatoms. The van der Waals surface area contributed by atoms with Gasteiger partial charge in [-0.1, -0.05) is 52.4 Å². The molecule has 0 radical (unpaired) electrons. The molecular weight excluding hydrogens is 302 g/mol. The summed E-state index contributed by atoms with van der Waals surface area (Å²) in [6, 6.07) is 0. The van der Waals surface area contributed by atoms with Crippen molar-refractivity contribution in [3.63, 3.8) is 0 Å². The number of rotatable bonds is 10. The van der Waals surface area contributed by atoms with Crippen molar-refractivity contribution in [3.8, 4) is 0 Å². The Morgan fingerprint density at radius 1 is 0.750 bits per heavy atom. The maximum Gasteiger partial charge on any atom is 1.00 e. The zero-order valence-electron chi connectivity index (χ0n) is 13.5. The Balaban J connectivity index is -0.000000158. The minimum atomic E-state index is -5.17. The Bertz CT molecular complexity index is 230. The van der Waals surface area contributed by atoms with Crippen molar-refractivity contribution in [1.82, 2.24) is 0 Å². The summed E-state index contributed by atoms with van der Waals surface area (Å²) in [5.41, 5.74) is 0. The van der Waals surface area contributed by atoms with Gasteiger partial charge in [-0.05, 0) is 12.8 Å². The second kappa shape index (κ2) is 23.1. The molecule has 0 N–H and O–H groups in total. The van der Waals surface area contributed by atoms with Gasteiger partial charge in [0, 0.05) is 23.6 Å². The minimum Gasteiger partial charge on any atom is -0.759 e. The molecule has 0 amide bonds. The van der Waals surface area contributed by atoms with Gasteiger partial charge in [0.25, 0.3) is 0 Å². The van der Waals surface area contributed by atoms with Crippen LogP contribution in [0.1, 0.15) is 65.2 Å². The predicted octanol–water partition coefficient (Wildman–Crippen LogP) is -3.17. The normalized spacial score (nSPS) is 9.80. The molecule has 0 spiro atoms. The van der Waals surface area contributed by atoms with Crippen LogP contribution in [-0.4, -0.2) is 30.7 Å². The summed E-state index contributed by atoms with van der Waals surface area (Å²) in [6.45, 7) is 6.44. The van der Waals surface area contributed by atoms with E-state index in [1.54, 1.807) is 0 Å². The topological polar surface area (TPSA) is 89.5 Å². The van der Waals surface area contributed by atoms with Crippen LogP contribution in [0, 0.1) is 0 Å². The third-order valence-electron chi connectivity index (χ3n) is 2.28. The first-order chi connectivity index (χ1) is 8.41. The fourth-order valence-corrected chi connectivity index (χ4v) is 1.36. The molecule has 0 aromatic carbocycles. The van der Waals surface area contributed by atoms with Gasteiger partial charge in [0.15, 0.2) is 0 Å². The van der Waals surface area contributed by atoms with Gasteiger partial charge in [0.05, 0.1) is 0 Å². The number of ether oxygens (including phenoxy) is 1. The molecule has 0 aliphatic carbocycles. The molecule has 0 aliphatic rings. The Morgan fingerprint density at radius 2 is 1.05 bits per heavy atom. The van der Waals surface area contributed by atoms with E-state index in [0.29, 0.717) is 0 Å². The third-order valence-corrected chi connectivity index (χ3v) is 2.28. The summed E-state index contributed by atoms with van der Waals surface area (Å²) in [4.78, 5) is 0. The molecular formula is C12H26Na2O5S. The van der Waals surface area contributed by atoms with Gasteiger partial charge < -0.3 is 13.8 Å². The van der Waals surface area contributed by atoms with Crippen LogP contribution >= 0.6 is 0 Å². The third kappa shape index (κ3) is 50.2. The van der Waals surface area contributed by atoms with Crippen LogP contribution in [0.5, 0.6) is 0 Å². The summed E-state index contributed by atoms with van der Waals surface area (Å²) in [7, 11) is -5.17. The fourth-order valence-electron chi connectivity index (χ4n) is 1.36. The van der Waals surface area contributed by atoms with Crippen molar-refractivity contribution in [3.05, 3.63) is 0 Å². The maximum atomic E-state index is 8.52. The Hall–Kier alpha value is 1.83. The van der Waals surface area contributed by atoms with E-state index in [2.05, 4.69) is 13.8 Å². The van der Waals surface area contributed by atoms with Gasteiger partial charge in [-0.2, -0.15) is 0 Å². The molecule has 0 rings (SSSR count). The SMILES string of the molecule is CCCCCCOCCCCCC.O=S(=O)([O-])[O-].[Na+].[Na+]. The van der Waals surface area contributed by atoms with E-state index in [1.165, 1.54) is 51.4 Å². The minimum absolute atomic E-state index is 0. The quantitative estimate of drug-likeness (QED) is 0.183. The number of unbranched alkanes of at least 4 members (excludes halogenated alkanes) is 6. The van der Waals surface area contributed by atoms with Crippen LogP contribution in [0.25, 0.3) is 0 Å². The molecule has 0 fully saturated rings. The first kappa shape index (κ1) is 29.8. The first-order valence-corrected chi connectivity index (χ1v) is 7.99. The molecule has 20 heavy (non-hydrogen) atoms. The monoisotopic (exact) mass is 328 g/mol. The summed E-state index contributed by atoms with van der Waals surface area (Å²) < 4.78 is 39.6. The predicted molar refractivity (Wildman–Crippen MR) is 69.6 cm³/mol. The van der Waals surface area contributed by atoms with Crippen LogP contribution in [0.2, 0.25) is 0 Å². The van der Waals surface area contributed by atoms with Gasteiger partial charge in [0.2, 0.25) is 0 Å². The second-order valence-electron chi connectivity index (χ2n) is 4.14. The van der Waals surface area contributed by atoms with Gasteiger partial charge in [-0.25, -0.2) is 0 Å². The largest absolute Gasteiger partial charge is 1.00 e. The van der Waals surface area contributed by atoms with Crippen molar-refractivity contribution in [2.45, 2.75) is 65.2 Å². The van der Waals surface area contributed by atoms with Gasteiger partial charge in [-0.3, -0.25) is 8.42 Å². The second-order valence-corrected chi connectivity index (χ2v) is 4.96. The van der Waals surface area contributed by atoms with E-state index < -0.39 is 10.4 Å². The summed E-state index contributed by atoms with van der Waals surface area (Å²) >= 11 is 0. The van der Waals surface area contributed by atoms with E-state index >= 15 is 0 Å². The van der Waals surface area contributed by atoms with Crippen molar-refractivity contribution in [1.29, 1.82) is 0 Å². The molecule has 0 aromatic rings. The van der Waals surface area contributed by atoms with E-state index in [9.17, 15) is 0 Å². The van der Waals surface area contributed by atoms with E-state index in [-0.39, 0.29) is 59.1 Å². The molecule has 0 saturated carbocycles. The molecule has 0 aliphatic heterocycles. The van der Waals surface area contributed by atoms with E-state index in [0.717, 1.165) is 13.2 Å². The Kier molecular flexibility index (Phi) is 34.4. The van der Waals surface area contributed by atoms with Crippen LogP contribution in [0.3, 0.4) is 0 Å². The number of hydrogen-bond donors (Lipinski definition) is 0. The van der Waals surface area contributed by atoms with Crippen LogP contribution in [0.4, 0.5) is 0 Å². The van der Waals surface area contributed by atoms with Crippen molar-refractivity contribution in [2.75, 3.05) is 13.2 Å². The van der Waals surface area contributed by atoms with Crippen molar-refractivity contribution < 1.29 is 81.4 Å². The average molecular weight is 328 g/mol. The number of hydrogen-bond acceptors (Lipinski definition) is 5. The average Bonchev–Trinajstić information content (AvgIpc) is 2.25. The molecule has 0 aromatic heterocycles. The fraction of sp³-hybridized carbons (Fsp3) is 1.00. The molecule has 5 nitrogen and oxygen atoms in total. The maximum absolute atomic E-state index is 8.52. The standard InChI is InChI=1S/C12H26O.2Na.H2O4S/c1-3-5-7-9-11-13-12-10-8-6-4-2;;;1-5(2,3)4/h3-12H2,1-2H3;;;(H2,1,2,3,4)/q;2*+1;/p-2. The molecule has 0 unspecified atom stereocenters. The van der Waals surface area contributed by atoms with Crippen molar-refractivity contribution in [2.24, 2.45) is 0 Å². The van der Waals surface area contributed by atoms with Gasteiger partial charge in [0.1, 0.15) is 0 Å². The zero-order valence-corrected chi connectivity index (χ0v) is 18.3. The van der Waals surface area contributed by atoms with Crippen LogP contribution < -0.4 is 59.1 Å². The first-order valence-electron chi connectivity index (χ1n) is 6.66. The Morgan fingerprint density at radius 3 is 1.30 bits per heavy atom. The van der Waals surface area contributed by atoms with Crippen LogP contribution in [0.15, 0.2) is 0 Å². The molecule has 0 atom stereocenters. The molecule has 0 bridgehead atoms. The smallest absolute Gasteiger partial charge is 0.759 e. The Labute approximate surface area is 168 Å². The van der Waals surface area contributed by atoms with Crippen LogP contribution in [-0.2, 0) is 15.1 Å². The summed E-state index contributed by atoms with van der Waals surface area (Å²) in [6.07, 6.45) is 10.5. The zero-order chi connectivity index (χ0) is 14.3. The molecule has 112 valence electrons.